The zero-order chi connectivity index (χ0) is 22.8. The van der Waals surface area contributed by atoms with Crippen molar-refractivity contribution in [2.24, 2.45) is 5.41 Å². The second-order valence-corrected chi connectivity index (χ2v) is 10.4. The maximum absolute atomic E-state index is 9.46. The topological polar surface area (TPSA) is 17.3 Å². The predicted molar refractivity (Wildman–Crippen MR) is 133 cm³/mol. The highest BCUT2D eigenvalue weighted by atomic mass is 15.0. The molecule has 3 aromatic carbocycles. The molecule has 0 saturated carbocycles. The quantitative estimate of drug-likeness (QED) is 0.200. The van der Waals surface area contributed by atoms with Crippen molar-refractivity contribution in [3.05, 3.63) is 71.7 Å². The van der Waals surface area contributed by atoms with Gasteiger partial charge in [-0.25, -0.2) is 4.98 Å². The largest absolute Gasteiger partial charge is 0.292 e. The smallest absolute Gasteiger partial charge is 0.146 e. The maximum Gasteiger partial charge on any atom is 0.146 e. The molecular weight excluding hydrogens is 375 g/mol. The Kier molecular flexibility index (Phi) is 3.40. The van der Waals surface area contributed by atoms with E-state index in [1.165, 1.54) is 0 Å². The molecule has 0 atom stereocenters. The summed E-state index contributed by atoms with van der Waals surface area (Å²) in [7, 11) is 0. The fraction of sp³-hybridized carbons (Fsp3) is 0.321. The Morgan fingerprint density at radius 1 is 0.710 bits per heavy atom. The Hall–Kier alpha value is -2.81. The molecule has 0 unspecified atom stereocenters. The first-order valence-electron chi connectivity index (χ1n) is 11.8. The summed E-state index contributed by atoms with van der Waals surface area (Å²) < 4.78 is 20.9. The molecule has 0 spiro atoms. The summed E-state index contributed by atoms with van der Waals surface area (Å²) in [5, 5.41) is 3.35. The lowest BCUT2D eigenvalue weighted by Crippen LogP contribution is -2.42. The second-order valence-electron chi connectivity index (χ2n) is 10.4. The highest BCUT2D eigenvalue weighted by Crippen LogP contribution is 2.62. The predicted octanol–water partition coefficient (Wildman–Crippen LogP) is 7.01. The van der Waals surface area contributed by atoms with E-state index in [0.29, 0.717) is 17.6 Å². The monoisotopic (exact) mass is 405 g/mol. The number of pyridine rings is 1. The second kappa shape index (κ2) is 5.91. The summed E-state index contributed by atoms with van der Waals surface area (Å²) in [5.74, 6) is 0. The Morgan fingerprint density at radius 3 is 1.94 bits per heavy atom. The summed E-state index contributed by atoms with van der Waals surface area (Å²) in [6.07, 6.45) is 0. The van der Waals surface area contributed by atoms with Gasteiger partial charge in [0.1, 0.15) is 5.65 Å². The van der Waals surface area contributed by atoms with Crippen molar-refractivity contribution < 1.29 is 2.74 Å². The molecule has 0 bridgehead atoms. The molecule has 1 aliphatic carbocycles. The van der Waals surface area contributed by atoms with Gasteiger partial charge in [0.2, 0.25) is 0 Å². The van der Waals surface area contributed by atoms with Crippen LogP contribution in [0.2, 0.25) is 0 Å². The third-order valence-electron chi connectivity index (χ3n) is 8.59. The molecule has 2 nitrogen and oxygen atoms in total. The summed E-state index contributed by atoms with van der Waals surface area (Å²) in [6.45, 7) is 13.5. The van der Waals surface area contributed by atoms with Gasteiger partial charge in [-0.1, -0.05) is 84.0 Å². The third-order valence-corrected chi connectivity index (χ3v) is 8.59. The van der Waals surface area contributed by atoms with Gasteiger partial charge in [-0.15, -0.1) is 0 Å². The van der Waals surface area contributed by atoms with E-state index in [1.807, 2.05) is 12.1 Å². The van der Waals surface area contributed by atoms with Crippen molar-refractivity contribution in [2.75, 3.05) is 0 Å². The minimum atomic E-state index is -0.246. The van der Waals surface area contributed by atoms with Crippen LogP contribution in [-0.4, -0.2) is 17.8 Å². The molecular formula is C28H28BN2. The first kappa shape index (κ1) is 17.8. The van der Waals surface area contributed by atoms with Crippen LogP contribution in [0.3, 0.4) is 0 Å². The number of hydrogen-bond acceptors (Lipinski definition) is 1. The molecule has 0 N–H and O–H groups in total. The lowest BCUT2D eigenvalue weighted by Gasteiger charge is -2.44. The van der Waals surface area contributed by atoms with Gasteiger partial charge in [0.15, 0.2) is 0 Å². The molecule has 2 aromatic heterocycles. The van der Waals surface area contributed by atoms with Gasteiger partial charge in [0, 0.05) is 19.2 Å². The van der Waals surface area contributed by atoms with Crippen LogP contribution in [0, 0.1) is 5.41 Å². The normalized spacial score (nSPS) is 19.4. The molecule has 0 saturated heterocycles. The third kappa shape index (κ3) is 2.17. The molecule has 0 amide bonds. The fourth-order valence-corrected chi connectivity index (χ4v) is 5.55. The van der Waals surface area contributed by atoms with Crippen LogP contribution >= 0.6 is 0 Å². The van der Waals surface area contributed by atoms with Gasteiger partial charge in [0.05, 0.1) is 19.3 Å². The number of aromatic nitrogens is 2. The van der Waals surface area contributed by atoms with E-state index in [4.69, 9.17) is 4.98 Å². The number of para-hydroxylation sites is 1. The average Bonchev–Trinajstić information content (AvgIpc) is 3.21. The molecule has 6 rings (SSSR count). The van der Waals surface area contributed by atoms with Gasteiger partial charge in [-0.2, -0.15) is 0 Å². The van der Waals surface area contributed by atoms with Crippen molar-refractivity contribution in [3.63, 3.8) is 0 Å². The van der Waals surface area contributed by atoms with Gasteiger partial charge >= 0.3 is 0 Å². The summed E-state index contributed by atoms with van der Waals surface area (Å²) in [5.41, 5.74) is 4.65. The van der Waals surface area contributed by atoms with Crippen molar-refractivity contribution >= 4 is 46.8 Å². The Morgan fingerprint density at radius 2 is 1.26 bits per heavy atom. The number of hydrogen-bond donors (Lipinski definition) is 0. The zero-order valence-electron chi connectivity index (χ0n) is 21.1. The number of fused-ring (bicyclic) bond motifs is 9. The van der Waals surface area contributed by atoms with E-state index in [2.05, 4.69) is 82.3 Å². The van der Waals surface area contributed by atoms with E-state index in [-0.39, 0.29) is 24.7 Å². The van der Waals surface area contributed by atoms with Crippen LogP contribution < -0.4 is 0 Å². The van der Waals surface area contributed by atoms with Gasteiger partial charge in [-0.3, -0.25) is 4.40 Å². The van der Waals surface area contributed by atoms with E-state index >= 15 is 0 Å². The summed E-state index contributed by atoms with van der Waals surface area (Å²) in [4.78, 5) is 5.05. The van der Waals surface area contributed by atoms with Gasteiger partial charge < -0.3 is 0 Å². The zero-order valence-corrected chi connectivity index (χ0v) is 19.1. The molecule has 153 valence electrons. The maximum atomic E-state index is 9.46. The number of nitrogens with zero attached hydrogens (tertiary/aromatic N) is 2. The van der Waals surface area contributed by atoms with Crippen molar-refractivity contribution in [1.29, 1.82) is 0 Å². The Balaban J connectivity index is 0.00000228. The molecule has 5 aromatic rings. The van der Waals surface area contributed by atoms with Gasteiger partial charge in [-0.05, 0) is 50.9 Å². The van der Waals surface area contributed by atoms with E-state index in [0.717, 1.165) is 44.0 Å². The van der Waals surface area contributed by atoms with Crippen LogP contribution in [0.25, 0.3) is 38.4 Å². The van der Waals surface area contributed by atoms with E-state index in [1.54, 1.807) is 0 Å². The van der Waals surface area contributed by atoms with E-state index in [9.17, 15) is 2.74 Å². The number of rotatable bonds is 0. The summed E-state index contributed by atoms with van der Waals surface area (Å²) in [6, 6.07) is 17.7. The first-order valence-corrected chi connectivity index (χ1v) is 10.8. The average molecular weight is 405 g/mol. The number of imidazole rings is 1. The molecule has 0 aliphatic heterocycles. The first-order chi connectivity index (χ1) is 15.0. The molecule has 31 heavy (non-hydrogen) atoms. The van der Waals surface area contributed by atoms with Crippen LogP contribution in [0.15, 0.2) is 60.6 Å². The molecule has 1 aliphatic rings. The van der Waals surface area contributed by atoms with Crippen molar-refractivity contribution in [1.82, 2.24) is 9.38 Å². The molecule has 3 radical (unpaired) electrons. The highest BCUT2D eigenvalue weighted by Gasteiger charge is 2.56. The van der Waals surface area contributed by atoms with Crippen molar-refractivity contribution in [2.45, 2.75) is 52.4 Å². The Labute approximate surface area is 188 Å². The standard InChI is InChI=1S/C28H28N2.B/c1-26(2)20-15-22-24(16-21(20)27(3,4)28(26,5)6)30-23-14-10-9-12-18(23)17-11-7-8-13-19(17)25(30)29-22;/h7-16H,1-6H3;/i15D,16D;. The Bertz CT molecular complexity index is 1630. The van der Waals surface area contributed by atoms with Crippen LogP contribution in [0.5, 0.6) is 0 Å². The van der Waals surface area contributed by atoms with E-state index < -0.39 is 0 Å². The molecule has 2 heterocycles. The van der Waals surface area contributed by atoms with Gasteiger partial charge in [0.25, 0.3) is 0 Å². The lowest BCUT2D eigenvalue weighted by atomic mass is 9.59. The SMILES string of the molecule is [2H]c1c2c(c([2H])c3c1nc1c4ccccc4c4ccccc4n13)C(C)(C)C(C)(C)C2(C)C.[B]. The lowest BCUT2D eigenvalue weighted by molar-refractivity contribution is 0.125. The van der Waals surface area contributed by atoms with Crippen LogP contribution in [0.1, 0.15) is 55.4 Å². The fourth-order valence-electron chi connectivity index (χ4n) is 5.55. The molecule has 0 fully saturated rings. The van der Waals surface area contributed by atoms with Crippen molar-refractivity contribution in [3.8, 4) is 0 Å². The van der Waals surface area contributed by atoms with Crippen LogP contribution in [-0.2, 0) is 10.8 Å². The number of benzene rings is 3. The minimum Gasteiger partial charge on any atom is -0.292 e. The highest BCUT2D eigenvalue weighted by molar-refractivity contribution is 6.13. The van der Waals surface area contributed by atoms with Crippen LogP contribution in [0.4, 0.5) is 0 Å². The summed E-state index contributed by atoms with van der Waals surface area (Å²) >= 11 is 0. The minimum absolute atomic E-state index is 0. The molecule has 3 heteroatoms.